The molecule has 6 heteroatoms. The van der Waals surface area contributed by atoms with Gasteiger partial charge in [-0.3, -0.25) is 0 Å². The van der Waals surface area contributed by atoms with E-state index in [1.54, 1.807) is 31.4 Å². The van der Waals surface area contributed by atoms with Crippen LogP contribution in [0.25, 0.3) is 0 Å². The van der Waals surface area contributed by atoms with E-state index in [0.29, 0.717) is 16.5 Å². The first kappa shape index (κ1) is 15.6. The first-order chi connectivity index (χ1) is 11.1. The molecule has 0 radical (unpaired) electrons. The maximum absolute atomic E-state index is 13.2. The second-order valence-corrected chi connectivity index (χ2v) is 5.79. The molecule has 2 N–H and O–H groups in total. The van der Waals surface area contributed by atoms with Crippen molar-refractivity contribution < 1.29 is 13.9 Å². The Labute approximate surface area is 138 Å². The number of carbonyl (C=O) groups excluding carboxylic acids is 1. The van der Waals surface area contributed by atoms with Gasteiger partial charge in [-0.15, -0.1) is 0 Å². The van der Waals surface area contributed by atoms with Crippen molar-refractivity contribution in [2.75, 3.05) is 12.4 Å². The highest BCUT2D eigenvalue weighted by Crippen LogP contribution is 2.32. The van der Waals surface area contributed by atoms with E-state index in [0.717, 1.165) is 24.0 Å². The highest BCUT2D eigenvalue weighted by atomic mass is 35.5. The van der Waals surface area contributed by atoms with Gasteiger partial charge >= 0.3 is 6.03 Å². The Bertz CT molecular complexity index is 751. The quantitative estimate of drug-likeness (QED) is 0.879. The van der Waals surface area contributed by atoms with Crippen LogP contribution in [0.2, 0.25) is 5.02 Å². The number of hydrogen-bond donors (Lipinski definition) is 2. The molecule has 120 valence electrons. The number of urea groups is 1. The molecule has 1 atom stereocenters. The monoisotopic (exact) mass is 334 g/mol. The molecule has 0 heterocycles. The fraction of sp³-hybridized carbons (Fsp3) is 0.235. The number of methoxy groups -OCH3 is 1. The van der Waals surface area contributed by atoms with Crippen molar-refractivity contribution in [3.8, 4) is 5.75 Å². The molecular weight excluding hydrogens is 319 g/mol. The molecule has 4 nitrogen and oxygen atoms in total. The largest absolute Gasteiger partial charge is 0.497 e. The number of fused-ring (bicyclic) bond motifs is 1. The van der Waals surface area contributed by atoms with Crippen molar-refractivity contribution >= 4 is 23.3 Å². The number of hydrogen-bond acceptors (Lipinski definition) is 2. The Morgan fingerprint density at radius 2 is 2.13 bits per heavy atom. The lowest BCUT2D eigenvalue weighted by atomic mass is 10.1. The molecule has 1 aliphatic carbocycles. The van der Waals surface area contributed by atoms with Gasteiger partial charge in [-0.2, -0.15) is 0 Å². The first-order valence-electron chi connectivity index (χ1n) is 7.26. The molecule has 0 saturated heterocycles. The van der Waals surface area contributed by atoms with Crippen molar-refractivity contribution in [3.63, 3.8) is 0 Å². The molecule has 0 spiro atoms. The molecule has 2 aromatic rings. The van der Waals surface area contributed by atoms with E-state index in [4.69, 9.17) is 16.3 Å². The van der Waals surface area contributed by atoms with Crippen molar-refractivity contribution in [2.45, 2.75) is 18.9 Å². The normalized spacial score (nSPS) is 15.9. The standard InChI is InChI=1S/C17H16ClFN2O2/c1-23-12-4-7-16(14(18)9-12)21-17(22)20-15-6-2-10-8-11(19)3-5-13(10)15/h3-5,7-9,15H,2,6H2,1H3,(H2,20,21,22). The van der Waals surface area contributed by atoms with Crippen LogP contribution in [0.1, 0.15) is 23.6 Å². The van der Waals surface area contributed by atoms with Gasteiger partial charge in [0, 0.05) is 6.07 Å². The fourth-order valence-corrected chi connectivity index (χ4v) is 2.99. The van der Waals surface area contributed by atoms with Gasteiger partial charge in [-0.1, -0.05) is 17.7 Å². The van der Waals surface area contributed by atoms with E-state index < -0.39 is 0 Å². The second-order valence-electron chi connectivity index (χ2n) is 5.38. The summed E-state index contributed by atoms with van der Waals surface area (Å²) >= 11 is 6.10. The molecule has 2 aromatic carbocycles. The van der Waals surface area contributed by atoms with Gasteiger partial charge < -0.3 is 15.4 Å². The summed E-state index contributed by atoms with van der Waals surface area (Å²) in [6, 6.07) is 9.22. The lowest BCUT2D eigenvalue weighted by Gasteiger charge is -2.15. The van der Waals surface area contributed by atoms with Crippen LogP contribution in [0.3, 0.4) is 0 Å². The highest BCUT2D eigenvalue weighted by molar-refractivity contribution is 6.33. The Hall–Kier alpha value is -2.27. The first-order valence-corrected chi connectivity index (χ1v) is 7.64. The minimum Gasteiger partial charge on any atom is -0.497 e. The Balaban J connectivity index is 1.67. The molecular formula is C17H16ClFN2O2. The van der Waals surface area contributed by atoms with Crippen molar-refractivity contribution in [2.24, 2.45) is 0 Å². The lowest BCUT2D eigenvalue weighted by Crippen LogP contribution is -2.31. The van der Waals surface area contributed by atoms with Gasteiger partial charge in [-0.25, -0.2) is 9.18 Å². The van der Waals surface area contributed by atoms with Crippen LogP contribution in [0, 0.1) is 5.82 Å². The third-order valence-corrected chi connectivity index (χ3v) is 4.23. The Morgan fingerprint density at radius 1 is 1.30 bits per heavy atom. The van der Waals surface area contributed by atoms with E-state index in [1.165, 1.54) is 12.1 Å². The minimum absolute atomic E-state index is 0.123. The summed E-state index contributed by atoms with van der Waals surface area (Å²) in [5.41, 5.74) is 2.41. The maximum atomic E-state index is 13.2. The highest BCUT2D eigenvalue weighted by Gasteiger charge is 2.24. The predicted octanol–water partition coefficient (Wildman–Crippen LogP) is 4.30. The second kappa shape index (κ2) is 6.46. The molecule has 0 saturated carbocycles. The molecule has 1 unspecified atom stereocenters. The van der Waals surface area contributed by atoms with Gasteiger partial charge in [0.05, 0.1) is 23.9 Å². The molecule has 0 aromatic heterocycles. The average molecular weight is 335 g/mol. The molecule has 0 fully saturated rings. The summed E-state index contributed by atoms with van der Waals surface area (Å²) in [6.45, 7) is 0. The maximum Gasteiger partial charge on any atom is 0.319 e. The van der Waals surface area contributed by atoms with Crippen molar-refractivity contribution in [1.29, 1.82) is 0 Å². The van der Waals surface area contributed by atoms with Crippen LogP contribution in [0.15, 0.2) is 36.4 Å². The van der Waals surface area contributed by atoms with Crippen LogP contribution < -0.4 is 15.4 Å². The molecule has 0 aliphatic heterocycles. The van der Waals surface area contributed by atoms with Crippen LogP contribution in [-0.2, 0) is 6.42 Å². The van der Waals surface area contributed by atoms with Gasteiger partial charge in [0.15, 0.2) is 0 Å². The number of amides is 2. The third-order valence-electron chi connectivity index (χ3n) is 3.91. The van der Waals surface area contributed by atoms with Crippen LogP contribution >= 0.6 is 11.6 Å². The van der Waals surface area contributed by atoms with E-state index in [-0.39, 0.29) is 17.9 Å². The predicted molar refractivity (Wildman–Crippen MR) is 87.6 cm³/mol. The zero-order chi connectivity index (χ0) is 16.4. The van der Waals surface area contributed by atoms with E-state index in [9.17, 15) is 9.18 Å². The number of ether oxygens (including phenoxy) is 1. The zero-order valence-corrected chi connectivity index (χ0v) is 13.3. The van der Waals surface area contributed by atoms with E-state index in [1.807, 2.05) is 0 Å². The number of aryl methyl sites for hydroxylation is 1. The van der Waals surface area contributed by atoms with Gasteiger partial charge in [0.25, 0.3) is 0 Å². The smallest absolute Gasteiger partial charge is 0.319 e. The van der Waals surface area contributed by atoms with E-state index >= 15 is 0 Å². The van der Waals surface area contributed by atoms with Crippen LogP contribution in [0.5, 0.6) is 5.75 Å². The summed E-state index contributed by atoms with van der Waals surface area (Å²) in [7, 11) is 1.55. The van der Waals surface area contributed by atoms with Crippen molar-refractivity contribution in [1.82, 2.24) is 5.32 Å². The summed E-state index contributed by atoms with van der Waals surface area (Å²) in [5, 5.41) is 6.01. The molecule has 1 aliphatic rings. The number of halogens is 2. The SMILES string of the molecule is COc1ccc(NC(=O)NC2CCc3cc(F)ccc32)c(Cl)c1. The number of rotatable bonds is 3. The summed E-state index contributed by atoms with van der Waals surface area (Å²) in [6.07, 6.45) is 1.50. The molecule has 2 amide bonds. The fourth-order valence-electron chi connectivity index (χ4n) is 2.78. The Kier molecular flexibility index (Phi) is 4.39. The number of carbonyl (C=O) groups is 1. The topological polar surface area (TPSA) is 50.4 Å². The zero-order valence-electron chi connectivity index (χ0n) is 12.5. The Morgan fingerprint density at radius 3 is 2.87 bits per heavy atom. The summed E-state index contributed by atoms with van der Waals surface area (Å²) < 4.78 is 18.3. The third kappa shape index (κ3) is 3.40. The van der Waals surface area contributed by atoms with Gasteiger partial charge in [-0.05, 0) is 48.2 Å². The molecule has 0 bridgehead atoms. The summed E-state index contributed by atoms with van der Waals surface area (Å²) in [5.74, 6) is 0.367. The summed E-state index contributed by atoms with van der Waals surface area (Å²) in [4.78, 5) is 12.2. The molecule has 23 heavy (non-hydrogen) atoms. The lowest BCUT2D eigenvalue weighted by molar-refractivity contribution is 0.248. The van der Waals surface area contributed by atoms with Gasteiger partial charge in [0.2, 0.25) is 0 Å². The van der Waals surface area contributed by atoms with Crippen LogP contribution in [-0.4, -0.2) is 13.1 Å². The van der Waals surface area contributed by atoms with Gasteiger partial charge in [0.1, 0.15) is 11.6 Å². The minimum atomic E-state index is -0.348. The number of benzene rings is 2. The van der Waals surface area contributed by atoms with Crippen molar-refractivity contribution in [3.05, 3.63) is 58.4 Å². The van der Waals surface area contributed by atoms with Crippen LogP contribution in [0.4, 0.5) is 14.9 Å². The molecule has 3 rings (SSSR count). The number of anilines is 1. The number of nitrogens with one attached hydrogen (secondary N) is 2. The average Bonchev–Trinajstić information content (AvgIpc) is 2.91. The van der Waals surface area contributed by atoms with E-state index in [2.05, 4.69) is 10.6 Å².